The van der Waals surface area contributed by atoms with Gasteiger partial charge in [-0.2, -0.15) is 5.10 Å². The highest BCUT2D eigenvalue weighted by molar-refractivity contribution is 6.35. The zero-order valence-electron chi connectivity index (χ0n) is 23.9. The molecule has 0 bridgehead atoms. The van der Waals surface area contributed by atoms with E-state index in [1.165, 1.54) is 0 Å². The lowest BCUT2D eigenvalue weighted by atomic mass is 10.1. The maximum atomic E-state index is 12.8. The van der Waals surface area contributed by atoms with Gasteiger partial charge in [-0.15, -0.1) is 0 Å². The Hall–Kier alpha value is -3.63. The van der Waals surface area contributed by atoms with Gasteiger partial charge in [-0.1, -0.05) is 11.6 Å². The van der Waals surface area contributed by atoms with Crippen molar-refractivity contribution >= 4 is 45.3 Å². The van der Waals surface area contributed by atoms with E-state index >= 15 is 0 Å². The molecule has 0 radical (unpaired) electrons. The lowest BCUT2D eigenvalue weighted by Crippen LogP contribution is -2.59. The molecule has 3 aromatic heterocycles. The Kier molecular flexibility index (Phi) is 7.50. The number of halogens is 1. The zero-order valence-corrected chi connectivity index (χ0v) is 24.7. The molecule has 5 rings (SSSR count). The summed E-state index contributed by atoms with van der Waals surface area (Å²) >= 11 is 6.84. The number of fused-ring (bicyclic) bond motifs is 2. The number of benzene rings is 1. The number of methoxy groups -OCH3 is 1. The summed E-state index contributed by atoms with van der Waals surface area (Å²) < 4.78 is 18.4. The highest BCUT2D eigenvalue weighted by Crippen LogP contribution is 2.37. The van der Waals surface area contributed by atoms with Crippen molar-refractivity contribution in [3.63, 3.8) is 0 Å². The van der Waals surface area contributed by atoms with Gasteiger partial charge >= 0.3 is 6.09 Å². The molecule has 4 aromatic rings. The van der Waals surface area contributed by atoms with Crippen LogP contribution in [-0.2, 0) is 16.5 Å². The summed E-state index contributed by atoms with van der Waals surface area (Å²) in [5.74, 6) is 0.596. The number of rotatable bonds is 5. The van der Waals surface area contributed by atoms with Gasteiger partial charge in [0.05, 0.1) is 40.2 Å². The van der Waals surface area contributed by atoms with Crippen LogP contribution in [0.15, 0.2) is 36.7 Å². The number of hydrogen-bond acceptors (Lipinski definition) is 8. The smallest absolute Gasteiger partial charge is 0.410 e. The minimum atomic E-state index is -0.543. The summed E-state index contributed by atoms with van der Waals surface area (Å²) in [6.07, 6.45) is 3.46. The molecule has 0 saturated carbocycles. The Bertz CT molecular complexity index is 1550. The fraction of sp³-hybridized carbons (Fsp3) is 0.448. The van der Waals surface area contributed by atoms with E-state index in [1.807, 2.05) is 83.2 Å². The van der Waals surface area contributed by atoms with Gasteiger partial charge in [0.2, 0.25) is 0 Å². The second-order valence-electron chi connectivity index (χ2n) is 11.3. The highest BCUT2D eigenvalue weighted by Gasteiger charge is 2.35. The van der Waals surface area contributed by atoms with Gasteiger partial charge in [0, 0.05) is 55.8 Å². The summed E-state index contributed by atoms with van der Waals surface area (Å²) in [5.41, 5.74) is 3.13. The Morgan fingerprint density at radius 1 is 1.12 bits per heavy atom. The van der Waals surface area contributed by atoms with E-state index in [4.69, 9.17) is 30.8 Å². The lowest BCUT2D eigenvalue weighted by molar-refractivity contribution is 0.00565. The Labute approximate surface area is 238 Å². The predicted octanol–water partition coefficient (Wildman–Crippen LogP) is 5.65. The van der Waals surface area contributed by atoms with E-state index in [0.29, 0.717) is 35.2 Å². The number of anilines is 1. The van der Waals surface area contributed by atoms with Gasteiger partial charge in [-0.25, -0.2) is 14.8 Å². The molecule has 0 unspecified atom stereocenters. The minimum Gasteiger partial charge on any atom is -0.467 e. The maximum Gasteiger partial charge on any atom is 0.410 e. The molecule has 0 aliphatic carbocycles. The van der Waals surface area contributed by atoms with Crippen LogP contribution in [0.3, 0.4) is 0 Å². The second kappa shape index (κ2) is 10.7. The van der Waals surface area contributed by atoms with Gasteiger partial charge < -0.3 is 19.1 Å². The third-order valence-electron chi connectivity index (χ3n) is 6.82. The molecular formula is C29H35ClN6O4. The molecule has 2 atom stereocenters. The molecule has 1 aliphatic rings. The van der Waals surface area contributed by atoms with Crippen LogP contribution in [0.25, 0.3) is 33.2 Å². The standard InChI is InChI=1S/C29H35ClN6O4/c1-17-13-35(14-18(2)36(17)28(37)40-29(3,4)5)20-9-21-23(30)10-25(32-27(21)31-12-20)22-8-19-15-34(6)33-24(19)11-26(22)39-16-38-7/h8-12,15,17-18H,13-14,16H2,1-7H3/t17-,18-/m1/s1. The first-order valence-corrected chi connectivity index (χ1v) is 13.6. The quantitative estimate of drug-likeness (QED) is 0.286. The van der Waals surface area contributed by atoms with E-state index in [-0.39, 0.29) is 25.0 Å². The van der Waals surface area contributed by atoms with Gasteiger partial charge in [0.25, 0.3) is 0 Å². The molecule has 1 aliphatic heterocycles. The van der Waals surface area contributed by atoms with Crippen LogP contribution in [0, 0.1) is 0 Å². The average Bonchev–Trinajstić information content (AvgIpc) is 3.24. The van der Waals surface area contributed by atoms with Crippen LogP contribution in [0.4, 0.5) is 10.5 Å². The summed E-state index contributed by atoms with van der Waals surface area (Å²) in [7, 11) is 3.45. The normalized spacial score (nSPS) is 18.0. The van der Waals surface area contributed by atoms with Gasteiger partial charge in [0.15, 0.2) is 12.4 Å². The van der Waals surface area contributed by atoms with Crippen LogP contribution in [0.5, 0.6) is 5.75 Å². The Morgan fingerprint density at radius 3 is 2.52 bits per heavy atom. The Balaban J connectivity index is 1.45. The molecule has 1 aromatic carbocycles. The van der Waals surface area contributed by atoms with Gasteiger partial charge in [-0.05, 0) is 52.8 Å². The van der Waals surface area contributed by atoms with Crippen molar-refractivity contribution in [2.45, 2.75) is 52.3 Å². The van der Waals surface area contributed by atoms with Crippen molar-refractivity contribution < 1.29 is 19.0 Å². The Morgan fingerprint density at radius 2 is 1.85 bits per heavy atom. The first-order valence-electron chi connectivity index (χ1n) is 13.3. The predicted molar refractivity (Wildman–Crippen MR) is 156 cm³/mol. The van der Waals surface area contributed by atoms with E-state index in [9.17, 15) is 4.79 Å². The molecule has 11 heteroatoms. The SMILES string of the molecule is COCOc1cc2nn(C)cc2cc1-c1cc(Cl)c2cc(N3C[C@@H](C)N(C(=O)OC(C)(C)C)[C@H](C)C3)cnc2n1. The number of ether oxygens (including phenoxy) is 3. The molecule has 10 nitrogen and oxygen atoms in total. The van der Waals surface area contributed by atoms with Crippen LogP contribution in [0.1, 0.15) is 34.6 Å². The van der Waals surface area contributed by atoms with Gasteiger partial charge in [-0.3, -0.25) is 9.58 Å². The van der Waals surface area contributed by atoms with E-state index in [0.717, 1.165) is 27.5 Å². The molecular weight excluding hydrogens is 532 g/mol. The van der Waals surface area contributed by atoms with E-state index < -0.39 is 5.60 Å². The number of carbonyl (C=O) groups is 1. The summed E-state index contributed by atoms with van der Waals surface area (Å²) in [6.45, 7) is 11.1. The highest BCUT2D eigenvalue weighted by atomic mass is 35.5. The maximum absolute atomic E-state index is 12.8. The van der Waals surface area contributed by atoms with E-state index in [1.54, 1.807) is 11.8 Å². The minimum absolute atomic E-state index is 0.0433. The second-order valence-corrected chi connectivity index (χ2v) is 11.7. The van der Waals surface area contributed by atoms with Crippen LogP contribution < -0.4 is 9.64 Å². The molecule has 1 fully saturated rings. The third kappa shape index (κ3) is 5.64. The van der Waals surface area contributed by atoms with Crippen molar-refractivity contribution in [1.29, 1.82) is 0 Å². The largest absolute Gasteiger partial charge is 0.467 e. The first-order chi connectivity index (χ1) is 18.9. The summed E-state index contributed by atoms with van der Waals surface area (Å²) in [4.78, 5) is 26.4. The van der Waals surface area contributed by atoms with Crippen molar-refractivity contribution in [1.82, 2.24) is 24.6 Å². The molecule has 4 heterocycles. The van der Waals surface area contributed by atoms with Crippen LogP contribution in [0.2, 0.25) is 5.02 Å². The number of amides is 1. The molecule has 1 saturated heterocycles. The molecule has 0 spiro atoms. The fourth-order valence-electron chi connectivity index (χ4n) is 5.19. The molecule has 1 amide bonds. The lowest BCUT2D eigenvalue weighted by Gasteiger charge is -2.45. The van der Waals surface area contributed by atoms with Crippen molar-refractivity contribution in [3.8, 4) is 17.0 Å². The van der Waals surface area contributed by atoms with Crippen molar-refractivity contribution in [2.24, 2.45) is 7.05 Å². The molecule has 212 valence electrons. The van der Waals surface area contributed by atoms with Crippen molar-refractivity contribution in [2.75, 3.05) is 31.9 Å². The number of piperazine rings is 1. The zero-order chi connectivity index (χ0) is 28.8. The van der Waals surface area contributed by atoms with Crippen LogP contribution >= 0.6 is 11.6 Å². The average molecular weight is 567 g/mol. The van der Waals surface area contributed by atoms with Gasteiger partial charge in [0.1, 0.15) is 11.4 Å². The molecule has 40 heavy (non-hydrogen) atoms. The topological polar surface area (TPSA) is 94.8 Å². The number of carbonyl (C=O) groups excluding carboxylic acids is 1. The van der Waals surface area contributed by atoms with Crippen LogP contribution in [-0.4, -0.2) is 75.4 Å². The number of aryl methyl sites for hydroxylation is 1. The summed E-state index contributed by atoms with van der Waals surface area (Å²) in [5, 5.41) is 6.72. The number of nitrogens with zero attached hydrogens (tertiary/aromatic N) is 6. The summed E-state index contributed by atoms with van der Waals surface area (Å²) in [6, 6.07) is 7.61. The number of hydrogen-bond donors (Lipinski definition) is 0. The monoisotopic (exact) mass is 566 g/mol. The number of aromatic nitrogens is 4. The molecule has 0 N–H and O–H groups in total. The van der Waals surface area contributed by atoms with E-state index in [2.05, 4.69) is 15.0 Å². The fourth-order valence-corrected chi connectivity index (χ4v) is 5.43. The number of pyridine rings is 2. The first kappa shape index (κ1) is 27.9. The third-order valence-corrected chi connectivity index (χ3v) is 7.13. The van der Waals surface area contributed by atoms with Crippen molar-refractivity contribution in [3.05, 3.63) is 41.7 Å².